The first-order valence-electron chi connectivity index (χ1n) is 3.94. The van der Waals surface area contributed by atoms with Crippen molar-refractivity contribution in [3.8, 4) is 0 Å². The molecule has 1 heterocycles. The van der Waals surface area contributed by atoms with Crippen molar-refractivity contribution in [3.05, 3.63) is 17.5 Å². The quantitative estimate of drug-likeness (QED) is 0.540. The lowest BCUT2D eigenvalue weighted by atomic mass is 10.3. The average molecular weight is 195 g/mol. The van der Waals surface area contributed by atoms with E-state index in [9.17, 15) is 9.59 Å². The number of rotatable bonds is 3. The number of nitrogen functional groups attached to an aromatic ring is 1. The zero-order valence-corrected chi connectivity index (χ0v) is 7.56. The van der Waals surface area contributed by atoms with Crippen molar-refractivity contribution in [1.29, 1.82) is 0 Å². The second-order valence-electron chi connectivity index (χ2n) is 2.37. The van der Waals surface area contributed by atoms with Crippen molar-refractivity contribution >= 4 is 18.2 Å². The molecule has 74 valence electrons. The summed E-state index contributed by atoms with van der Waals surface area (Å²) >= 11 is 0. The predicted octanol–water partition coefficient (Wildman–Crippen LogP) is 0.0480. The Labute approximate surface area is 80.1 Å². The van der Waals surface area contributed by atoms with Crippen LogP contribution < -0.4 is 5.73 Å². The normalized spacial score (nSPS) is 9.50. The molecule has 1 aromatic heterocycles. The molecule has 0 amide bonds. The molecule has 0 saturated carbocycles. The van der Waals surface area contributed by atoms with E-state index in [1.165, 1.54) is 6.07 Å². The SMILES string of the molecule is CCOC(=O)c1cc(C=O)nc(N)n1. The molecule has 14 heavy (non-hydrogen) atoms. The Bertz CT molecular complexity index is 365. The van der Waals surface area contributed by atoms with Crippen LogP contribution in [0.4, 0.5) is 5.95 Å². The molecule has 0 saturated heterocycles. The second-order valence-corrected chi connectivity index (χ2v) is 2.37. The molecular weight excluding hydrogens is 186 g/mol. The van der Waals surface area contributed by atoms with E-state index in [2.05, 4.69) is 14.7 Å². The van der Waals surface area contributed by atoms with Crippen LogP contribution in [0.1, 0.15) is 27.9 Å². The third-order valence-electron chi connectivity index (χ3n) is 1.37. The smallest absolute Gasteiger partial charge is 0.357 e. The Morgan fingerprint density at radius 1 is 1.64 bits per heavy atom. The summed E-state index contributed by atoms with van der Waals surface area (Å²) in [5.74, 6) is -0.748. The molecule has 0 aliphatic rings. The molecular formula is C8H9N3O3. The van der Waals surface area contributed by atoms with Gasteiger partial charge in [-0.15, -0.1) is 0 Å². The first-order valence-corrected chi connectivity index (χ1v) is 3.94. The maximum Gasteiger partial charge on any atom is 0.357 e. The lowest BCUT2D eigenvalue weighted by Gasteiger charge is -2.01. The minimum Gasteiger partial charge on any atom is -0.461 e. The minimum absolute atomic E-state index is 0.0125. The Morgan fingerprint density at radius 2 is 2.36 bits per heavy atom. The number of aromatic nitrogens is 2. The number of esters is 1. The summed E-state index contributed by atoms with van der Waals surface area (Å²) in [5.41, 5.74) is 5.32. The molecule has 0 aliphatic carbocycles. The number of carbonyl (C=O) groups excluding carboxylic acids is 2. The molecule has 0 fully saturated rings. The third kappa shape index (κ3) is 2.25. The molecule has 0 aliphatic heterocycles. The van der Waals surface area contributed by atoms with E-state index in [0.717, 1.165) is 0 Å². The number of carbonyl (C=O) groups is 2. The highest BCUT2D eigenvalue weighted by Crippen LogP contribution is 2.02. The van der Waals surface area contributed by atoms with E-state index in [1.807, 2.05) is 0 Å². The van der Waals surface area contributed by atoms with Gasteiger partial charge in [0.25, 0.3) is 0 Å². The van der Waals surface area contributed by atoms with Crippen LogP contribution in [0.25, 0.3) is 0 Å². The molecule has 2 N–H and O–H groups in total. The Kier molecular flexibility index (Phi) is 3.11. The summed E-state index contributed by atoms with van der Waals surface area (Å²) < 4.78 is 4.68. The maximum absolute atomic E-state index is 11.2. The molecule has 1 aromatic rings. The van der Waals surface area contributed by atoms with Gasteiger partial charge in [0.15, 0.2) is 12.0 Å². The van der Waals surface area contributed by atoms with Crippen molar-refractivity contribution in [1.82, 2.24) is 9.97 Å². The predicted molar refractivity (Wildman–Crippen MR) is 47.8 cm³/mol. The van der Waals surface area contributed by atoms with Crippen LogP contribution in [-0.4, -0.2) is 28.8 Å². The van der Waals surface area contributed by atoms with E-state index in [4.69, 9.17) is 5.73 Å². The van der Waals surface area contributed by atoms with Crippen LogP contribution in [0.2, 0.25) is 0 Å². The molecule has 0 bridgehead atoms. The van der Waals surface area contributed by atoms with Gasteiger partial charge in [-0.3, -0.25) is 4.79 Å². The second kappa shape index (κ2) is 4.31. The summed E-state index contributed by atoms with van der Waals surface area (Å²) in [6.07, 6.45) is 0.487. The lowest BCUT2D eigenvalue weighted by Crippen LogP contribution is -2.10. The fourth-order valence-electron chi connectivity index (χ4n) is 0.855. The van der Waals surface area contributed by atoms with Crippen molar-refractivity contribution < 1.29 is 14.3 Å². The zero-order valence-electron chi connectivity index (χ0n) is 7.56. The molecule has 1 rings (SSSR count). The third-order valence-corrected chi connectivity index (χ3v) is 1.37. The largest absolute Gasteiger partial charge is 0.461 e. The first-order chi connectivity index (χ1) is 6.67. The summed E-state index contributed by atoms with van der Waals surface area (Å²) in [4.78, 5) is 28.8. The fourth-order valence-corrected chi connectivity index (χ4v) is 0.855. The minimum atomic E-state index is -0.621. The van der Waals surface area contributed by atoms with Gasteiger partial charge in [0.1, 0.15) is 5.69 Å². The van der Waals surface area contributed by atoms with E-state index >= 15 is 0 Å². The van der Waals surface area contributed by atoms with Gasteiger partial charge in [0.2, 0.25) is 5.95 Å². The fraction of sp³-hybridized carbons (Fsp3) is 0.250. The van der Waals surface area contributed by atoms with E-state index in [0.29, 0.717) is 6.29 Å². The number of nitrogens with two attached hydrogens (primary N) is 1. The maximum atomic E-state index is 11.2. The molecule has 0 radical (unpaired) electrons. The number of hydrogen-bond donors (Lipinski definition) is 1. The number of hydrogen-bond acceptors (Lipinski definition) is 6. The van der Waals surface area contributed by atoms with Crippen LogP contribution in [-0.2, 0) is 4.74 Å². The van der Waals surface area contributed by atoms with Gasteiger partial charge < -0.3 is 10.5 Å². The van der Waals surface area contributed by atoms with Crippen molar-refractivity contribution in [2.24, 2.45) is 0 Å². The van der Waals surface area contributed by atoms with Crippen molar-refractivity contribution in [2.75, 3.05) is 12.3 Å². The van der Waals surface area contributed by atoms with Gasteiger partial charge in [-0.1, -0.05) is 0 Å². The van der Waals surface area contributed by atoms with Crippen LogP contribution >= 0.6 is 0 Å². The zero-order chi connectivity index (χ0) is 10.6. The summed E-state index contributed by atoms with van der Waals surface area (Å²) in [6.45, 7) is 1.91. The van der Waals surface area contributed by atoms with Crippen molar-refractivity contribution in [3.63, 3.8) is 0 Å². The van der Waals surface area contributed by atoms with Crippen LogP contribution in [0.15, 0.2) is 6.07 Å². The monoisotopic (exact) mass is 195 g/mol. The molecule has 0 aromatic carbocycles. The van der Waals surface area contributed by atoms with E-state index in [-0.39, 0.29) is 23.9 Å². The lowest BCUT2D eigenvalue weighted by molar-refractivity contribution is 0.0519. The first kappa shape index (κ1) is 10.1. The average Bonchev–Trinajstić information content (AvgIpc) is 2.17. The Balaban J connectivity index is 3.02. The standard InChI is InChI=1S/C8H9N3O3/c1-2-14-7(13)6-3-5(4-12)10-8(9)11-6/h3-4H,2H2,1H3,(H2,9,10,11). The van der Waals surface area contributed by atoms with E-state index < -0.39 is 5.97 Å². The van der Waals surface area contributed by atoms with Gasteiger partial charge in [-0.25, -0.2) is 14.8 Å². The molecule has 6 heteroatoms. The van der Waals surface area contributed by atoms with Gasteiger partial charge in [0, 0.05) is 6.07 Å². The van der Waals surface area contributed by atoms with Gasteiger partial charge >= 0.3 is 5.97 Å². The van der Waals surface area contributed by atoms with Crippen LogP contribution in [0.3, 0.4) is 0 Å². The summed E-state index contributed by atoms with van der Waals surface area (Å²) in [6, 6.07) is 1.22. The van der Waals surface area contributed by atoms with Crippen LogP contribution in [0.5, 0.6) is 0 Å². The Morgan fingerprint density at radius 3 is 2.93 bits per heavy atom. The number of anilines is 1. The molecule has 0 atom stereocenters. The summed E-state index contributed by atoms with van der Waals surface area (Å²) in [7, 11) is 0. The highest BCUT2D eigenvalue weighted by Gasteiger charge is 2.10. The van der Waals surface area contributed by atoms with Gasteiger partial charge in [-0.05, 0) is 6.92 Å². The van der Waals surface area contributed by atoms with E-state index in [1.54, 1.807) is 6.92 Å². The topological polar surface area (TPSA) is 95.2 Å². The molecule has 0 unspecified atom stereocenters. The number of ether oxygens (including phenoxy) is 1. The van der Waals surface area contributed by atoms with Crippen molar-refractivity contribution in [2.45, 2.75) is 6.92 Å². The number of nitrogens with zero attached hydrogens (tertiary/aromatic N) is 2. The molecule has 6 nitrogen and oxygen atoms in total. The van der Waals surface area contributed by atoms with Gasteiger partial charge in [0.05, 0.1) is 6.61 Å². The number of aldehydes is 1. The summed E-state index contributed by atoms with van der Waals surface area (Å²) in [5, 5.41) is 0. The highest BCUT2D eigenvalue weighted by atomic mass is 16.5. The highest BCUT2D eigenvalue weighted by molar-refractivity contribution is 5.89. The van der Waals surface area contributed by atoms with Crippen LogP contribution in [0, 0.1) is 0 Å². The molecule has 0 spiro atoms. The van der Waals surface area contributed by atoms with Gasteiger partial charge in [-0.2, -0.15) is 0 Å². The Hall–Kier alpha value is -1.98.